The van der Waals surface area contributed by atoms with Crippen molar-refractivity contribution < 1.29 is 14.5 Å². The second kappa shape index (κ2) is 3.69. The smallest absolute Gasteiger partial charge is 0.323 e. The number of carboxylic acid groups (broad SMARTS) is 1. The van der Waals surface area contributed by atoms with Crippen LogP contribution in [0.15, 0.2) is 16.8 Å². The first-order valence-electron chi connectivity index (χ1n) is 4.53. The molecule has 0 saturated carbocycles. The molecule has 16 heavy (non-hydrogen) atoms. The third-order valence-electron chi connectivity index (χ3n) is 2.21. The summed E-state index contributed by atoms with van der Waals surface area (Å²) in [5.74, 6) is -0.927. The van der Waals surface area contributed by atoms with E-state index >= 15 is 0 Å². The number of likely N-dealkylation sites (N-methyl/N-ethyl adjacent to an activating group) is 1. The van der Waals surface area contributed by atoms with Crippen molar-refractivity contribution in [1.82, 2.24) is 10.3 Å². The lowest BCUT2D eigenvalue weighted by atomic mass is 10.2. The van der Waals surface area contributed by atoms with Crippen LogP contribution >= 0.6 is 0 Å². The quantitative estimate of drug-likeness (QED) is 0.720. The second-order valence-electron chi connectivity index (χ2n) is 3.39. The molecule has 0 saturated heterocycles. The molecule has 1 aromatic carbocycles. The summed E-state index contributed by atoms with van der Waals surface area (Å²) in [4.78, 5) is 12.1. The van der Waals surface area contributed by atoms with Gasteiger partial charge in [-0.1, -0.05) is 0 Å². The van der Waals surface area contributed by atoms with Gasteiger partial charge in [0.2, 0.25) is 0 Å². The molecule has 0 atom stereocenters. The number of nitrogens with zero attached hydrogens (tertiary/aromatic N) is 3. The molecule has 7 heteroatoms. The highest BCUT2D eigenvalue weighted by molar-refractivity contribution is 5.96. The Morgan fingerprint density at radius 3 is 2.88 bits per heavy atom. The topological polar surface area (TPSA) is 105 Å². The Bertz CT molecular complexity index is 537. The van der Waals surface area contributed by atoms with Crippen molar-refractivity contribution in [3.8, 4) is 0 Å². The Morgan fingerprint density at radius 1 is 1.50 bits per heavy atom. The largest absolute Gasteiger partial charge is 0.480 e. The molecule has 0 radical (unpaired) electrons. The maximum atomic E-state index is 10.6. The first kappa shape index (κ1) is 10.2. The van der Waals surface area contributed by atoms with Crippen LogP contribution in [0.3, 0.4) is 0 Å². The van der Waals surface area contributed by atoms with Crippen LogP contribution in [0.5, 0.6) is 0 Å². The van der Waals surface area contributed by atoms with E-state index in [2.05, 4.69) is 14.9 Å². The zero-order valence-corrected chi connectivity index (χ0v) is 8.54. The van der Waals surface area contributed by atoms with Gasteiger partial charge in [0.05, 0.1) is 11.4 Å². The van der Waals surface area contributed by atoms with Crippen molar-refractivity contribution in [1.29, 1.82) is 0 Å². The average Bonchev–Trinajstić information content (AvgIpc) is 2.66. The van der Waals surface area contributed by atoms with E-state index in [-0.39, 0.29) is 6.54 Å². The summed E-state index contributed by atoms with van der Waals surface area (Å²) in [6.07, 6.45) is 0. The monoisotopic (exact) mass is 222 g/mol. The number of fused-ring (bicyclic) bond motifs is 1. The molecule has 3 N–H and O–H groups in total. The van der Waals surface area contributed by atoms with Gasteiger partial charge >= 0.3 is 5.97 Å². The number of rotatable bonds is 3. The normalized spacial score (nSPS) is 10.6. The second-order valence-corrected chi connectivity index (χ2v) is 3.39. The van der Waals surface area contributed by atoms with Crippen LogP contribution in [-0.4, -0.2) is 35.0 Å². The van der Waals surface area contributed by atoms with Crippen molar-refractivity contribution >= 4 is 28.4 Å². The minimum absolute atomic E-state index is 0.133. The van der Waals surface area contributed by atoms with Crippen molar-refractivity contribution in [2.24, 2.45) is 0 Å². The molecule has 1 aromatic heterocycles. The van der Waals surface area contributed by atoms with Gasteiger partial charge in [0.1, 0.15) is 6.54 Å². The lowest BCUT2D eigenvalue weighted by Crippen LogP contribution is -2.25. The standard InChI is InChI=1S/C9H10N4O3/c1-13(4-7(14)15)6-3-2-5(10)8-9(6)12-16-11-8/h2-3H,4,10H2,1H3,(H,14,15). The number of nitrogen functional groups attached to an aromatic ring is 1. The maximum absolute atomic E-state index is 10.6. The minimum Gasteiger partial charge on any atom is -0.480 e. The Balaban J connectivity index is 2.48. The lowest BCUT2D eigenvalue weighted by molar-refractivity contribution is -0.135. The van der Waals surface area contributed by atoms with E-state index < -0.39 is 5.97 Å². The molecule has 2 aromatic rings. The summed E-state index contributed by atoms with van der Waals surface area (Å²) in [5, 5.41) is 16.1. The molecule has 0 aliphatic rings. The van der Waals surface area contributed by atoms with Crippen molar-refractivity contribution in [3.05, 3.63) is 12.1 Å². The van der Waals surface area contributed by atoms with Gasteiger partial charge < -0.3 is 15.7 Å². The molecule has 0 bridgehead atoms. The van der Waals surface area contributed by atoms with Crippen molar-refractivity contribution in [2.45, 2.75) is 0 Å². The van der Waals surface area contributed by atoms with Crippen LogP contribution in [0.4, 0.5) is 11.4 Å². The number of hydrogen-bond donors (Lipinski definition) is 2. The predicted octanol–water partition coefficient (Wildman–Crippen LogP) is 0.326. The summed E-state index contributed by atoms with van der Waals surface area (Å²) in [6.45, 7) is -0.133. The number of carbonyl (C=O) groups is 1. The molecule has 0 fully saturated rings. The number of nitrogens with two attached hydrogens (primary N) is 1. The van der Waals surface area contributed by atoms with Gasteiger partial charge in [0.15, 0.2) is 11.0 Å². The van der Waals surface area contributed by atoms with Gasteiger partial charge in [-0.2, -0.15) is 0 Å². The molecule has 0 aliphatic heterocycles. The van der Waals surface area contributed by atoms with Crippen LogP contribution < -0.4 is 10.6 Å². The Hall–Kier alpha value is -2.31. The number of aliphatic carboxylic acids is 1. The highest BCUT2D eigenvalue weighted by atomic mass is 16.6. The van der Waals surface area contributed by atoms with Crippen LogP contribution in [0.25, 0.3) is 11.0 Å². The molecular formula is C9H10N4O3. The van der Waals surface area contributed by atoms with E-state index in [1.807, 2.05) is 0 Å². The molecule has 0 unspecified atom stereocenters. The predicted molar refractivity (Wildman–Crippen MR) is 57.1 cm³/mol. The van der Waals surface area contributed by atoms with Gasteiger partial charge in [0, 0.05) is 7.05 Å². The van der Waals surface area contributed by atoms with Gasteiger partial charge in [-0.3, -0.25) is 4.79 Å². The van der Waals surface area contributed by atoms with E-state index in [1.165, 1.54) is 4.90 Å². The number of anilines is 2. The van der Waals surface area contributed by atoms with Gasteiger partial charge in [0.25, 0.3) is 0 Å². The van der Waals surface area contributed by atoms with Crippen LogP contribution in [0, 0.1) is 0 Å². The summed E-state index contributed by atoms with van der Waals surface area (Å²) in [5.41, 5.74) is 7.64. The summed E-state index contributed by atoms with van der Waals surface area (Å²) in [6, 6.07) is 3.32. The van der Waals surface area contributed by atoms with Crippen LogP contribution in [0.2, 0.25) is 0 Å². The summed E-state index contributed by atoms with van der Waals surface area (Å²) >= 11 is 0. The molecule has 0 spiro atoms. The van der Waals surface area contributed by atoms with Crippen molar-refractivity contribution in [2.75, 3.05) is 24.2 Å². The van der Waals surface area contributed by atoms with Gasteiger partial charge in [-0.05, 0) is 22.4 Å². The van der Waals surface area contributed by atoms with Crippen LogP contribution in [0.1, 0.15) is 0 Å². The lowest BCUT2D eigenvalue weighted by Gasteiger charge is -2.16. The Kier molecular flexibility index (Phi) is 2.35. The molecule has 0 amide bonds. The van der Waals surface area contributed by atoms with E-state index in [0.29, 0.717) is 22.4 Å². The number of benzene rings is 1. The average molecular weight is 222 g/mol. The first-order chi connectivity index (χ1) is 7.59. The van der Waals surface area contributed by atoms with E-state index in [0.717, 1.165) is 0 Å². The fraction of sp³-hybridized carbons (Fsp3) is 0.222. The molecule has 0 aliphatic carbocycles. The molecule has 2 rings (SSSR count). The Labute approximate surface area is 90.4 Å². The van der Waals surface area contributed by atoms with Crippen molar-refractivity contribution in [3.63, 3.8) is 0 Å². The minimum atomic E-state index is -0.927. The van der Waals surface area contributed by atoms with Gasteiger partial charge in [-0.15, -0.1) is 0 Å². The fourth-order valence-electron chi connectivity index (χ4n) is 1.47. The third kappa shape index (κ3) is 1.62. The maximum Gasteiger partial charge on any atom is 0.323 e. The third-order valence-corrected chi connectivity index (χ3v) is 2.21. The molecule has 84 valence electrons. The zero-order chi connectivity index (χ0) is 11.7. The van der Waals surface area contributed by atoms with E-state index in [4.69, 9.17) is 10.8 Å². The van der Waals surface area contributed by atoms with Gasteiger partial charge in [-0.25, -0.2) is 4.63 Å². The van der Waals surface area contributed by atoms with E-state index in [1.54, 1.807) is 19.2 Å². The number of carboxylic acids is 1. The molecular weight excluding hydrogens is 212 g/mol. The highest BCUT2D eigenvalue weighted by Gasteiger charge is 2.14. The van der Waals surface area contributed by atoms with Crippen LogP contribution in [-0.2, 0) is 4.79 Å². The SMILES string of the molecule is CN(CC(=O)O)c1ccc(N)c2nonc12. The fourth-order valence-corrected chi connectivity index (χ4v) is 1.47. The Morgan fingerprint density at radius 2 is 2.19 bits per heavy atom. The molecule has 7 nitrogen and oxygen atoms in total. The zero-order valence-electron chi connectivity index (χ0n) is 8.54. The highest BCUT2D eigenvalue weighted by Crippen LogP contribution is 2.27. The summed E-state index contributed by atoms with van der Waals surface area (Å²) in [7, 11) is 1.65. The summed E-state index contributed by atoms with van der Waals surface area (Å²) < 4.78 is 4.59. The molecule has 1 heterocycles. The number of aromatic nitrogens is 2. The number of hydrogen-bond acceptors (Lipinski definition) is 6. The first-order valence-corrected chi connectivity index (χ1v) is 4.53. The van der Waals surface area contributed by atoms with E-state index in [9.17, 15) is 4.79 Å².